The molecule has 0 aliphatic carbocycles. The average molecular weight is 257 g/mol. The summed E-state index contributed by atoms with van der Waals surface area (Å²) in [7, 11) is 1.50. The van der Waals surface area contributed by atoms with E-state index >= 15 is 0 Å². The number of likely N-dealkylation sites (N-methyl/N-ethyl adjacent to an activating group) is 1. The first-order valence-electron chi connectivity index (χ1n) is 6.48. The minimum absolute atomic E-state index is 0.332. The van der Waals surface area contributed by atoms with Crippen molar-refractivity contribution < 1.29 is 14.7 Å². The number of amides is 2. The molecule has 0 aromatic carbocycles. The van der Waals surface area contributed by atoms with Crippen LogP contribution in [0.5, 0.6) is 0 Å². The molecular formula is C12H23N3O3. The second-order valence-corrected chi connectivity index (χ2v) is 4.76. The molecule has 1 atom stereocenters. The number of carbonyl (C=O) groups excluding carboxylic acids is 1. The number of carboxylic acids is 1. The third kappa shape index (κ3) is 4.52. The van der Waals surface area contributed by atoms with Gasteiger partial charge in [0, 0.05) is 20.1 Å². The van der Waals surface area contributed by atoms with Crippen molar-refractivity contribution in [1.29, 1.82) is 0 Å². The van der Waals surface area contributed by atoms with Crippen molar-refractivity contribution in [3.8, 4) is 0 Å². The lowest BCUT2D eigenvalue weighted by Gasteiger charge is -2.27. The van der Waals surface area contributed by atoms with Gasteiger partial charge in [-0.05, 0) is 32.9 Å². The normalized spacial score (nSPS) is 18.1. The highest BCUT2D eigenvalue weighted by molar-refractivity contribution is 5.82. The van der Waals surface area contributed by atoms with E-state index in [1.54, 1.807) is 0 Å². The number of likely N-dealkylation sites (tertiary alicyclic amines) is 1. The highest BCUT2D eigenvalue weighted by atomic mass is 16.4. The summed E-state index contributed by atoms with van der Waals surface area (Å²) in [5, 5.41) is 11.5. The van der Waals surface area contributed by atoms with E-state index < -0.39 is 12.0 Å². The van der Waals surface area contributed by atoms with Gasteiger partial charge in [0.1, 0.15) is 6.04 Å². The number of carbonyl (C=O) groups is 2. The topological polar surface area (TPSA) is 72.9 Å². The zero-order chi connectivity index (χ0) is 13.5. The molecule has 6 heteroatoms. The van der Waals surface area contributed by atoms with Crippen molar-refractivity contribution >= 4 is 12.0 Å². The Bertz CT molecular complexity index is 290. The van der Waals surface area contributed by atoms with Crippen LogP contribution in [0.25, 0.3) is 0 Å². The number of aliphatic carboxylic acids is 1. The van der Waals surface area contributed by atoms with Crippen molar-refractivity contribution in [3.63, 3.8) is 0 Å². The smallest absolute Gasteiger partial charge is 0.326 e. The first-order valence-corrected chi connectivity index (χ1v) is 6.48. The number of hydrogen-bond acceptors (Lipinski definition) is 3. The molecule has 0 aromatic rings. The Labute approximate surface area is 108 Å². The Balaban J connectivity index is 2.21. The fourth-order valence-electron chi connectivity index (χ4n) is 1.97. The molecule has 0 radical (unpaired) electrons. The van der Waals surface area contributed by atoms with Gasteiger partial charge in [-0.1, -0.05) is 6.42 Å². The third-order valence-electron chi connectivity index (χ3n) is 3.41. The number of carboxylic acid groups (broad SMARTS) is 1. The van der Waals surface area contributed by atoms with Crippen molar-refractivity contribution in [2.45, 2.75) is 32.2 Å². The molecule has 1 saturated heterocycles. The number of urea groups is 1. The van der Waals surface area contributed by atoms with Crippen LogP contribution in [0.2, 0.25) is 0 Å². The summed E-state index contributed by atoms with van der Waals surface area (Å²) in [5.41, 5.74) is 0. The minimum Gasteiger partial charge on any atom is -0.480 e. The lowest BCUT2D eigenvalue weighted by molar-refractivity contribution is -0.141. The second-order valence-electron chi connectivity index (χ2n) is 4.76. The van der Waals surface area contributed by atoms with Crippen LogP contribution in [-0.4, -0.2) is 66.2 Å². The van der Waals surface area contributed by atoms with Crippen LogP contribution in [0.4, 0.5) is 4.79 Å². The summed E-state index contributed by atoms with van der Waals surface area (Å²) in [6.45, 7) is 5.08. The summed E-state index contributed by atoms with van der Waals surface area (Å²) < 4.78 is 0. The van der Waals surface area contributed by atoms with Gasteiger partial charge in [0.2, 0.25) is 0 Å². The van der Waals surface area contributed by atoms with E-state index in [1.165, 1.54) is 38.1 Å². The predicted octanol–water partition coefficient (Wildman–Crippen LogP) is 0.587. The summed E-state index contributed by atoms with van der Waals surface area (Å²) in [6, 6.07) is -1.14. The molecule has 6 nitrogen and oxygen atoms in total. The highest BCUT2D eigenvalue weighted by Gasteiger charge is 2.21. The van der Waals surface area contributed by atoms with Crippen LogP contribution >= 0.6 is 0 Å². The molecule has 1 aliphatic heterocycles. The van der Waals surface area contributed by atoms with E-state index in [2.05, 4.69) is 10.2 Å². The van der Waals surface area contributed by atoms with Gasteiger partial charge in [-0.2, -0.15) is 0 Å². The molecule has 0 bridgehead atoms. The molecule has 0 aromatic heterocycles. The summed E-state index contributed by atoms with van der Waals surface area (Å²) in [6.07, 6.45) is 3.75. The fourth-order valence-corrected chi connectivity index (χ4v) is 1.97. The van der Waals surface area contributed by atoms with Crippen molar-refractivity contribution in [1.82, 2.24) is 15.1 Å². The van der Waals surface area contributed by atoms with E-state index in [1.807, 2.05) is 0 Å². The number of piperidine rings is 1. The van der Waals surface area contributed by atoms with Crippen LogP contribution < -0.4 is 5.32 Å². The fraction of sp³-hybridized carbons (Fsp3) is 0.833. The molecular weight excluding hydrogens is 234 g/mol. The van der Waals surface area contributed by atoms with Gasteiger partial charge in [-0.25, -0.2) is 9.59 Å². The van der Waals surface area contributed by atoms with Crippen molar-refractivity contribution in [2.24, 2.45) is 0 Å². The number of nitrogens with one attached hydrogen (secondary N) is 1. The van der Waals surface area contributed by atoms with Crippen LogP contribution in [-0.2, 0) is 4.79 Å². The molecule has 1 unspecified atom stereocenters. The zero-order valence-electron chi connectivity index (χ0n) is 11.2. The molecule has 2 amide bonds. The number of hydrogen-bond donors (Lipinski definition) is 2. The lowest BCUT2D eigenvalue weighted by Crippen LogP contribution is -2.47. The lowest BCUT2D eigenvalue weighted by atomic mass is 10.1. The van der Waals surface area contributed by atoms with Gasteiger partial charge < -0.3 is 20.2 Å². The number of nitrogens with zero attached hydrogens (tertiary/aromatic N) is 2. The van der Waals surface area contributed by atoms with Crippen LogP contribution in [0, 0.1) is 0 Å². The van der Waals surface area contributed by atoms with E-state index in [4.69, 9.17) is 5.11 Å². The molecule has 0 spiro atoms. The molecule has 104 valence electrons. The van der Waals surface area contributed by atoms with Crippen molar-refractivity contribution in [2.75, 3.05) is 33.2 Å². The van der Waals surface area contributed by atoms with Gasteiger partial charge >= 0.3 is 12.0 Å². The maximum absolute atomic E-state index is 11.7. The quantitative estimate of drug-likeness (QED) is 0.756. The first-order chi connectivity index (χ1) is 8.52. The highest BCUT2D eigenvalue weighted by Crippen LogP contribution is 2.07. The van der Waals surface area contributed by atoms with E-state index in [0.29, 0.717) is 6.54 Å². The number of rotatable bonds is 5. The minimum atomic E-state index is -0.997. The van der Waals surface area contributed by atoms with Crippen molar-refractivity contribution in [3.05, 3.63) is 0 Å². The molecule has 1 rings (SSSR count). The van der Waals surface area contributed by atoms with E-state index in [0.717, 1.165) is 19.6 Å². The van der Waals surface area contributed by atoms with Gasteiger partial charge in [0.05, 0.1) is 0 Å². The second kappa shape index (κ2) is 7.20. The molecule has 1 aliphatic rings. The molecule has 0 saturated carbocycles. The Kier molecular flexibility index (Phi) is 5.91. The standard InChI is InChI=1S/C12H23N3O3/c1-10(11(16)17)14(2)12(18)13-6-9-15-7-4-3-5-8-15/h10H,3-9H2,1-2H3,(H,13,18)(H,16,17). The van der Waals surface area contributed by atoms with Crippen LogP contribution in [0.1, 0.15) is 26.2 Å². The summed E-state index contributed by atoms with van der Waals surface area (Å²) in [5.74, 6) is -0.997. The average Bonchev–Trinajstić information content (AvgIpc) is 2.38. The van der Waals surface area contributed by atoms with Gasteiger partial charge in [-0.15, -0.1) is 0 Å². The Morgan fingerprint density at radius 3 is 2.50 bits per heavy atom. The maximum Gasteiger partial charge on any atom is 0.326 e. The molecule has 2 N–H and O–H groups in total. The molecule has 18 heavy (non-hydrogen) atoms. The zero-order valence-corrected chi connectivity index (χ0v) is 11.2. The maximum atomic E-state index is 11.7. The third-order valence-corrected chi connectivity index (χ3v) is 3.41. The molecule has 1 fully saturated rings. The van der Waals surface area contributed by atoms with Gasteiger partial charge in [0.25, 0.3) is 0 Å². The van der Waals surface area contributed by atoms with Gasteiger partial charge in [0.15, 0.2) is 0 Å². The SMILES string of the molecule is CC(C(=O)O)N(C)C(=O)NCCN1CCCCC1. The molecule has 1 heterocycles. The van der Waals surface area contributed by atoms with E-state index in [9.17, 15) is 9.59 Å². The predicted molar refractivity (Wildman–Crippen MR) is 68.6 cm³/mol. The monoisotopic (exact) mass is 257 g/mol. The summed E-state index contributed by atoms with van der Waals surface area (Å²) >= 11 is 0. The summed E-state index contributed by atoms with van der Waals surface area (Å²) in [4.78, 5) is 25.9. The Hall–Kier alpha value is -1.30. The van der Waals surface area contributed by atoms with E-state index in [-0.39, 0.29) is 6.03 Å². The van der Waals surface area contributed by atoms with Crippen LogP contribution in [0.15, 0.2) is 0 Å². The van der Waals surface area contributed by atoms with Gasteiger partial charge in [-0.3, -0.25) is 0 Å². The first kappa shape index (κ1) is 14.8. The Morgan fingerprint density at radius 1 is 1.33 bits per heavy atom. The van der Waals surface area contributed by atoms with Crippen LogP contribution in [0.3, 0.4) is 0 Å². The Morgan fingerprint density at radius 2 is 1.94 bits per heavy atom. The largest absolute Gasteiger partial charge is 0.480 e.